The molecule has 3 aromatic carbocycles. The van der Waals surface area contributed by atoms with Crippen LogP contribution in [0.3, 0.4) is 0 Å². The number of carbonyl (C=O) groups is 2. The van der Waals surface area contributed by atoms with Crippen molar-refractivity contribution in [2.75, 3.05) is 12.4 Å². The number of benzene rings is 3. The summed E-state index contributed by atoms with van der Waals surface area (Å²) in [6.07, 6.45) is 0.712. The molecular weight excluding hydrogens is 472 g/mol. The molecule has 0 saturated heterocycles. The van der Waals surface area contributed by atoms with Crippen molar-refractivity contribution in [3.8, 4) is 5.75 Å². The summed E-state index contributed by atoms with van der Waals surface area (Å²) < 4.78 is 5.31. The van der Waals surface area contributed by atoms with Crippen LogP contribution in [-0.4, -0.2) is 40.1 Å². The molecule has 2 aliphatic heterocycles. The Hall–Kier alpha value is -3.91. The van der Waals surface area contributed by atoms with Crippen molar-refractivity contribution in [1.29, 1.82) is 0 Å². The minimum absolute atomic E-state index is 0.0423. The molecular formula is C28H26N4O3S. The Morgan fingerprint density at radius 3 is 2.47 bits per heavy atom. The number of ether oxygens (including phenoxy) is 1. The summed E-state index contributed by atoms with van der Waals surface area (Å²) in [5.41, 5.74) is 4.82. The number of aliphatic imine (C=N–C) groups is 1. The van der Waals surface area contributed by atoms with E-state index in [0.717, 1.165) is 28.2 Å². The van der Waals surface area contributed by atoms with Gasteiger partial charge in [0.2, 0.25) is 5.91 Å². The maximum absolute atomic E-state index is 12.8. The summed E-state index contributed by atoms with van der Waals surface area (Å²) in [6, 6.07) is 25.3. The molecule has 2 amide bonds. The SMILES string of the molecule is COc1ccc([C@H]2CC(c3ccccc3)=NN2C2=NC(=O)[C@@H](CC(=O)Nc3ccc(C)cc3)S2)cc1. The Morgan fingerprint density at radius 2 is 1.78 bits per heavy atom. The van der Waals surface area contributed by atoms with Crippen molar-refractivity contribution >= 4 is 40.1 Å². The Balaban J connectivity index is 1.34. The zero-order valence-electron chi connectivity index (χ0n) is 20.0. The third-order valence-corrected chi connectivity index (χ3v) is 7.29. The number of hydrogen-bond acceptors (Lipinski definition) is 6. The highest BCUT2D eigenvalue weighted by molar-refractivity contribution is 8.15. The largest absolute Gasteiger partial charge is 0.497 e. The number of thioether (sulfide) groups is 1. The van der Waals surface area contributed by atoms with Gasteiger partial charge in [-0.2, -0.15) is 10.1 Å². The molecule has 5 rings (SSSR count). The fraction of sp³-hybridized carbons (Fsp3) is 0.214. The van der Waals surface area contributed by atoms with Crippen LogP contribution in [0.1, 0.15) is 35.6 Å². The fourth-order valence-corrected chi connectivity index (χ4v) is 5.26. The van der Waals surface area contributed by atoms with E-state index in [0.29, 0.717) is 17.3 Å². The molecule has 0 aliphatic carbocycles. The minimum Gasteiger partial charge on any atom is -0.497 e. The molecule has 2 heterocycles. The molecule has 0 radical (unpaired) electrons. The first-order chi connectivity index (χ1) is 17.5. The molecule has 8 heteroatoms. The number of aryl methyl sites for hydroxylation is 1. The second-order valence-electron chi connectivity index (χ2n) is 8.71. The number of nitrogens with zero attached hydrogens (tertiary/aromatic N) is 3. The number of rotatable bonds is 6. The zero-order chi connectivity index (χ0) is 25.1. The maximum Gasteiger partial charge on any atom is 0.262 e. The number of anilines is 1. The zero-order valence-corrected chi connectivity index (χ0v) is 20.9. The van der Waals surface area contributed by atoms with Gasteiger partial charge in [-0.1, -0.05) is 71.9 Å². The van der Waals surface area contributed by atoms with Crippen molar-refractivity contribution in [2.45, 2.75) is 31.1 Å². The summed E-state index contributed by atoms with van der Waals surface area (Å²) >= 11 is 1.29. The molecule has 0 fully saturated rings. The van der Waals surface area contributed by atoms with E-state index in [1.165, 1.54) is 11.8 Å². The first-order valence-corrected chi connectivity index (χ1v) is 12.6. The molecule has 36 heavy (non-hydrogen) atoms. The molecule has 0 aromatic heterocycles. The van der Waals surface area contributed by atoms with Gasteiger partial charge in [-0.25, -0.2) is 5.01 Å². The van der Waals surface area contributed by atoms with Crippen molar-refractivity contribution in [1.82, 2.24) is 5.01 Å². The summed E-state index contributed by atoms with van der Waals surface area (Å²) in [7, 11) is 1.64. The summed E-state index contributed by atoms with van der Waals surface area (Å²) in [4.78, 5) is 29.7. The molecule has 0 spiro atoms. The van der Waals surface area contributed by atoms with Gasteiger partial charge in [0.25, 0.3) is 5.91 Å². The van der Waals surface area contributed by atoms with E-state index in [2.05, 4.69) is 10.3 Å². The topological polar surface area (TPSA) is 83.4 Å². The lowest BCUT2D eigenvalue weighted by Crippen LogP contribution is -2.25. The smallest absolute Gasteiger partial charge is 0.262 e. The normalized spacial score (nSPS) is 19.2. The van der Waals surface area contributed by atoms with Gasteiger partial charge in [-0.05, 0) is 42.3 Å². The van der Waals surface area contributed by atoms with E-state index in [1.807, 2.05) is 90.8 Å². The van der Waals surface area contributed by atoms with E-state index < -0.39 is 5.25 Å². The molecule has 1 N–H and O–H groups in total. The van der Waals surface area contributed by atoms with E-state index >= 15 is 0 Å². The summed E-state index contributed by atoms with van der Waals surface area (Å²) in [6.45, 7) is 1.99. The third-order valence-electron chi connectivity index (χ3n) is 6.15. The molecule has 0 unspecified atom stereocenters. The van der Waals surface area contributed by atoms with Crippen LogP contribution in [0.4, 0.5) is 5.69 Å². The second kappa shape index (κ2) is 10.4. The quantitative estimate of drug-likeness (QED) is 0.506. The number of amides is 2. The van der Waals surface area contributed by atoms with Gasteiger partial charge >= 0.3 is 0 Å². The predicted octanol–water partition coefficient (Wildman–Crippen LogP) is 5.18. The van der Waals surface area contributed by atoms with E-state index in [4.69, 9.17) is 9.84 Å². The maximum atomic E-state index is 12.8. The van der Waals surface area contributed by atoms with Gasteiger partial charge in [0.1, 0.15) is 11.0 Å². The van der Waals surface area contributed by atoms with Crippen molar-refractivity contribution < 1.29 is 14.3 Å². The number of hydrazone groups is 1. The third kappa shape index (κ3) is 5.18. The van der Waals surface area contributed by atoms with Crippen LogP contribution in [0.2, 0.25) is 0 Å². The Labute approximate surface area is 214 Å². The Bertz CT molecular complexity index is 1320. The van der Waals surface area contributed by atoms with Gasteiger partial charge in [0.15, 0.2) is 5.17 Å². The standard InChI is InChI=1S/C28H26N4O3S/c1-18-8-12-21(13-9-18)29-26(33)17-25-27(34)30-28(36-25)32-24(20-10-14-22(35-2)15-11-20)16-23(31-32)19-6-4-3-5-7-19/h3-15,24-25H,16-17H2,1-2H3,(H,29,33)/t24-,25-/m1/s1. The highest BCUT2D eigenvalue weighted by Gasteiger charge is 2.39. The van der Waals surface area contributed by atoms with Crippen LogP contribution in [0.5, 0.6) is 5.75 Å². The summed E-state index contributed by atoms with van der Waals surface area (Å²) in [5, 5.41) is 9.50. The lowest BCUT2D eigenvalue weighted by Gasteiger charge is -2.23. The lowest BCUT2D eigenvalue weighted by molar-refractivity contribution is -0.121. The first kappa shape index (κ1) is 23.8. The monoisotopic (exact) mass is 498 g/mol. The van der Waals surface area contributed by atoms with Crippen LogP contribution in [-0.2, 0) is 9.59 Å². The van der Waals surface area contributed by atoms with Crippen LogP contribution < -0.4 is 10.1 Å². The number of amidine groups is 1. The number of methoxy groups -OCH3 is 1. The Kier molecular flexibility index (Phi) is 6.86. The van der Waals surface area contributed by atoms with Crippen molar-refractivity contribution in [3.05, 3.63) is 95.6 Å². The van der Waals surface area contributed by atoms with E-state index in [-0.39, 0.29) is 24.3 Å². The second-order valence-corrected chi connectivity index (χ2v) is 9.88. The van der Waals surface area contributed by atoms with Crippen LogP contribution >= 0.6 is 11.8 Å². The van der Waals surface area contributed by atoms with E-state index in [1.54, 1.807) is 7.11 Å². The summed E-state index contributed by atoms with van der Waals surface area (Å²) in [5.74, 6) is 0.239. The molecule has 0 bridgehead atoms. The molecule has 182 valence electrons. The number of hydrogen-bond donors (Lipinski definition) is 1. The average molecular weight is 499 g/mol. The van der Waals surface area contributed by atoms with Crippen LogP contribution in [0.15, 0.2) is 89.0 Å². The molecule has 0 saturated carbocycles. The van der Waals surface area contributed by atoms with Crippen LogP contribution in [0, 0.1) is 6.92 Å². The highest BCUT2D eigenvalue weighted by atomic mass is 32.2. The van der Waals surface area contributed by atoms with Gasteiger partial charge < -0.3 is 10.1 Å². The molecule has 2 aliphatic rings. The minimum atomic E-state index is -0.585. The predicted molar refractivity (Wildman–Crippen MR) is 143 cm³/mol. The molecule has 3 aromatic rings. The molecule has 7 nitrogen and oxygen atoms in total. The number of nitrogens with one attached hydrogen (secondary N) is 1. The van der Waals surface area contributed by atoms with Crippen LogP contribution in [0.25, 0.3) is 0 Å². The first-order valence-electron chi connectivity index (χ1n) is 11.7. The van der Waals surface area contributed by atoms with Gasteiger partial charge in [0.05, 0.1) is 18.9 Å². The highest BCUT2D eigenvalue weighted by Crippen LogP contribution is 2.39. The lowest BCUT2D eigenvalue weighted by atomic mass is 9.98. The van der Waals surface area contributed by atoms with Gasteiger partial charge in [-0.3, -0.25) is 9.59 Å². The van der Waals surface area contributed by atoms with Gasteiger partial charge in [0, 0.05) is 18.5 Å². The molecule has 2 atom stereocenters. The average Bonchev–Trinajstić information content (AvgIpc) is 3.50. The van der Waals surface area contributed by atoms with Gasteiger partial charge in [-0.15, -0.1) is 0 Å². The fourth-order valence-electron chi connectivity index (χ4n) is 4.20. The Morgan fingerprint density at radius 1 is 1.06 bits per heavy atom. The number of carbonyl (C=O) groups excluding carboxylic acids is 2. The van der Waals surface area contributed by atoms with Crippen molar-refractivity contribution in [2.24, 2.45) is 10.1 Å². The van der Waals surface area contributed by atoms with Crippen molar-refractivity contribution in [3.63, 3.8) is 0 Å². The van der Waals surface area contributed by atoms with E-state index in [9.17, 15) is 9.59 Å².